The zero-order valence-electron chi connectivity index (χ0n) is 40.6. The van der Waals surface area contributed by atoms with E-state index in [1.165, 1.54) is 122 Å². The number of benzene rings is 6. The van der Waals surface area contributed by atoms with Gasteiger partial charge in [0.2, 0.25) is 0 Å². The molecule has 1 nitrogen and oxygen atoms in total. The van der Waals surface area contributed by atoms with Gasteiger partial charge in [0.1, 0.15) is 0 Å². The monoisotopic (exact) mass is 838 g/mol. The second-order valence-electron chi connectivity index (χ2n) is 19.6. The molecule has 1 heteroatoms. The number of rotatable bonds is 8. The van der Waals surface area contributed by atoms with Gasteiger partial charge in [0, 0.05) is 27.3 Å². The summed E-state index contributed by atoms with van der Waals surface area (Å²) in [4.78, 5) is 0. The quantitative estimate of drug-likeness (QED) is 0.144. The molecule has 10 rings (SSSR count). The second kappa shape index (κ2) is 16.6. The first-order valence-electron chi connectivity index (χ1n) is 24.2. The average Bonchev–Trinajstić information content (AvgIpc) is 3.83. The summed E-state index contributed by atoms with van der Waals surface area (Å²) in [6, 6.07) is 42.6. The molecule has 0 spiro atoms. The lowest BCUT2D eigenvalue weighted by Gasteiger charge is -2.26. The Bertz CT molecular complexity index is 3130. The van der Waals surface area contributed by atoms with Crippen LogP contribution < -0.4 is 0 Å². The molecule has 3 aliphatic rings. The van der Waals surface area contributed by atoms with E-state index in [9.17, 15) is 0 Å². The van der Waals surface area contributed by atoms with Crippen molar-refractivity contribution in [3.05, 3.63) is 184 Å². The predicted octanol–water partition coefficient (Wildman–Crippen LogP) is 18.4. The minimum atomic E-state index is -0.0747. The molecule has 0 saturated heterocycles. The van der Waals surface area contributed by atoms with Crippen LogP contribution in [0.1, 0.15) is 147 Å². The van der Waals surface area contributed by atoms with E-state index in [4.69, 9.17) is 0 Å². The highest BCUT2D eigenvalue weighted by Crippen LogP contribution is 2.55. The maximum atomic E-state index is 2.53. The Morgan fingerprint density at radius 2 is 1.30 bits per heavy atom. The average molecular weight is 838 g/mol. The topological polar surface area (TPSA) is 4.93 Å². The van der Waals surface area contributed by atoms with Gasteiger partial charge in [0.05, 0.1) is 11.0 Å². The van der Waals surface area contributed by atoms with E-state index in [1.54, 1.807) is 0 Å². The van der Waals surface area contributed by atoms with E-state index >= 15 is 0 Å². The minimum Gasteiger partial charge on any atom is -0.309 e. The van der Waals surface area contributed by atoms with Crippen LogP contribution in [0.5, 0.6) is 0 Å². The molecule has 6 aromatic carbocycles. The fraction of sp³-hybridized carbons (Fsp3) is 0.302. The Balaban J connectivity index is 0.00000256. The van der Waals surface area contributed by atoms with Crippen LogP contribution >= 0.6 is 0 Å². The van der Waals surface area contributed by atoms with Crippen LogP contribution in [0.4, 0.5) is 0 Å². The molecule has 324 valence electrons. The normalized spacial score (nSPS) is 16.4. The van der Waals surface area contributed by atoms with Gasteiger partial charge in [-0.15, -0.1) is 0 Å². The van der Waals surface area contributed by atoms with Crippen molar-refractivity contribution in [2.24, 2.45) is 0 Å². The molecule has 0 bridgehead atoms. The van der Waals surface area contributed by atoms with Crippen LogP contribution in [0, 0.1) is 6.92 Å². The summed E-state index contributed by atoms with van der Waals surface area (Å²) in [5.41, 5.74) is 27.2. The van der Waals surface area contributed by atoms with Crippen molar-refractivity contribution in [1.82, 2.24) is 4.57 Å². The van der Waals surface area contributed by atoms with Crippen molar-refractivity contribution in [3.8, 4) is 39.1 Å². The van der Waals surface area contributed by atoms with Crippen molar-refractivity contribution in [2.75, 3.05) is 0 Å². The van der Waals surface area contributed by atoms with E-state index in [1.807, 2.05) is 13.8 Å². The Morgan fingerprint density at radius 3 is 2.00 bits per heavy atom. The molecule has 1 unspecified atom stereocenters. The Kier molecular flexibility index (Phi) is 11.2. The third kappa shape index (κ3) is 6.72. The maximum absolute atomic E-state index is 2.53. The summed E-state index contributed by atoms with van der Waals surface area (Å²) < 4.78 is 2.51. The third-order valence-corrected chi connectivity index (χ3v) is 15.4. The highest BCUT2D eigenvalue weighted by Gasteiger charge is 2.39. The smallest absolute Gasteiger partial charge is 0.0541 e. The van der Waals surface area contributed by atoms with Crippen LogP contribution in [-0.2, 0) is 10.8 Å². The van der Waals surface area contributed by atoms with Crippen LogP contribution in [0.2, 0.25) is 0 Å². The van der Waals surface area contributed by atoms with Gasteiger partial charge in [-0.2, -0.15) is 0 Å². The summed E-state index contributed by atoms with van der Waals surface area (Å²) in [7, 11) is 0. The Labute approximate surface area is 384 Å². The first-order valence-corrected chi connectivity index (χ1v) is 24.2. The van der Waals surface area contributed by atoms with E-state index in [2.05, 4.69) is 207 Å². The molecule has 0 amide bonds. The summed E-state index contributed by atoms with van der Waals surface area (Å²) in [6.07, 6.45) is 13.7. The largest absolute Gasteiger partial charge is 0.309 e. The summed E-state index contributed by atoms with van der Waals surface area (Å²) in [6.45, 7) is 27.5. The molecule has 1 heterocycles. The summed E-state index contributed by atoms with van der Waals surface area (Å²) >= 11 is 0. The van der Waals surface area contributed by atoms with Gasteiger partial charge >= 0.3 is 0 Å². The number of nitrogens with zero attached hydrogens (tertiary/aromatic N) is 1. The van der Waals surface area contributed by atoms with Crippen LogP contribution in [0.25, 0.3) is 72.0 Å². The molecule has 0 radical (unpaired) electrons. The lowest BCUT2D eigenvalue weighted by Crippen LogP contribution is -2.16. The molecule has 1 aromatic heterocycles. The van der Waals surface area contributed by atoms with E-state index < -0.39 is 0 Å². The highest BCUT2D eigenvalue weighted by molar-refractivity contribution is 6.12. The first kappa shape index (κ1) is 43.3. The number of hydrogen-bond donors (Lipinski definition) is 0. The predicted molar refractivity (Wildman–Crippen MR) is 280 cm³/mol. The van der Waals surface area contributed by atoms with Crippen LogP contribution in [0.3, 0.4) is 0 Å². The van der Waals surface area contributed by atoms with Crippen LogP contribution in [-0.4, -0.2) is 4.57 Å². The van der Waals surface area contributed by atoms with Gasteiger partial charge in [0.15, 0.2) is 0 Å². The second-order valence-corrected chi connectivity index (χ2v) is 19.6. The maximum Gasteiger partial charge on any atom is 0.0541 e. The zero-order chi connectivity index (χ0) is 45.2. The third-order valence-electron chi connectivity index (χ3n) is 15.4. The molecule has 0 saturated carbocycles. The molecule has 1 atom stereocenters. The van der Waals surface area contributed by atoms with Gasteiger partial charge in [-0.1, -0.05) is 159 Å². The first-order chi connectivity index (χ1) is 30.8. The molecule has 0 fully saturated rings. The Hall–Kier alpha value is -5.92. The van der Waals surface area contributed by atoms with Gasteiger partial charge in [0.25, 0.3) is 0 Å². The number of aromatic nitrogens is 1. The van der Waals surface area contributed by atoms with E-state index in [-0.39, 0.29) is 10.8 Å². The zero-order valence-corrected chi connectivity index (χ0v) is 40.6. The van der Waals surface area contributed by atoms with E-state index in [0.29, 0.717) is 5.92 Å². The van der Waals surface area contributed by atoms with Crippen molar-refractivity contribution in [3.63, 3.8) is 0 Å². The molecule has 0 aliphatic heterocycles. The molecule has 64 heavy (non-hydrogen) atoms. The van der Waals surface area contributed by atoms with Gasteiger partial charge in [-0.05, 0) is 184 Å². The Morgan fingerprint density at radius 1 is 0.641 bits per heavy atom. The molecule has 7 aromatic rings. The molecular weight excluding hydrogens is 771 g/mol. The number of fused-ring (bicyclic) bond motifs is 7. The number of hydrogen-bond acceptors (Lipinski definition) is 0. The van der Waals surface area contributed by atoms with Crippen molar-refractivity contribution in [1.29, 1.82) is 0 Å². The molecule has 3 aliphatic carbocycles. The van der Waals surface area contributed by atoms with Gasteiger partial charge < -0.3 is 4.57 Å². The highest BCUT2D eigenvalue weighted by atomic mass is 15.0. The lowest BCUT2D eigenvalue weighted by molar-refractivity contribution is 0.638. The molecular formula is C63H67N. The lowest BCUT2D eigenvalue weighted by atomic mass is 9.78. The van der Waals surface area contributed by atoms with Crippen molar-refractivity contribution in [2.45, 2.75) is 126 Å². The fourth-order valence-electron chi connectivity index (χ4n) is 11.3. The standard InChI is InChI=1S/C61H61N.C2H6/c1-11-13-20-47-40(6)60(7,8)55-36-44(26-27-48(47)55)62-56-31-24-42(33-50(56)51-35-43(25-32-57(51)62)45-21-16-14-18-38(45)4)41-23-29-53-52(34-41)59-54(61(53,9)10)30-28-49(58(59)37(3)12-2)46-22-17-15-19-39(46)5;1-2/h13-16,18-21,23-37H,11-12,17,22H2,1-10H3;1-2H3/b20-13-;. The van der Waals surface area contributed by atoms with Crippen LogP contribution in [0.15, 0.2) is 145 Å². The summed E-state index contributed by atoms with van der Waals surface area (Å²) in [5.74, 6) is 0.449. The van der Waals surface area contributed by atoms with Gasteiger partial charge in [-0.3, -0.25) is 0 Å². The fourth-order valence-corrected chi connectivity index (χ4v) is 11.3. The van der Waals surface area contributed by atoms with Crippen molar-refractivity contribution >= 4 is 33.0 Å². The van der Waals surface area contributed by atoms with Gasteiger partial charge in [-0.25, -0.2) is 0 Å². The van der Waals surface area contributed by atoms with Crippen molar-refractivity contribution < 1.29 is 0 Å². The minimum absolute atomic E-state index is 0.0534. The molecule has 0 N–H and O–H groups in total. The number of allylic oxidation sites excluding steroid dienone is 8. The van der Waals surface area contributed by atoms with E-state index in [0.717, 1.165) is 25.7 Å². The SMILES string of the molecule is CC.CC/C=C\C1=C(C)C(C)(C)c2cc(-n3c4ccc(-c5ccc6c(c5)-c5c(ccc(C7=C(C)C=CCC7)c5C(C)CC)C6(C)C)cc4c4cc(-c5ccccc5C)ccc43)ccc21. The number of aryl methyl sites for hydroxylation is 1. The summed E-state index contributed by atoms with van der Waals surface area (Å²) in [5, 5.41) is 2.56.